The van der Waals surface area contributed by atoms with Crippen LogP contribution in [-0.2, 0) is 4.79 Å². The molecule has 3 heteroatoms. The number of aryl methyl sites for hydroxylation is 2. The number of halogens is 1. The standard InChI is InChI=1S/C16H13FO.C8H10O/c1-12-4-9-15(16(17)11-12)14-7-5-13(6-8-14)3-2-10-18;1-7-3-5-8(9-2)6-4-7/h2-11H,1H3;3-6H,1-2H3/b3-2+;. The van der Waals surface area contributed by atoms with Gasteiger partial charge in [0.05, 0.1) is 7.11 Å². The SMILES string of the molecule is COc1ccc(C)cc1.Cc1ccc(-c2ccc(/C=C/C=O)cc2)c(F)c1. The molecule has 0 amide bonds. The van der Waals surface area contributed by atoms with E-state index < -0.39 is 0 Å². The Hall–Kier alpha value is -3.20. The van der Waals surface area contributed by atoms with Gasteiger partial charge in [-0.25, -0.2) is 4.39 Å². The summed E-state index contributed by atoms with van der Waals surface area (Å²) in [6.07, 6.45) is 3.87. The summed E-state index contributed by atoms with van der Waals surface area (Å²) in [7, 11) is 1.67. The molecule has 0 aliphatic carbocycles. The van der Waals surface area contributed by atoms with Crippen molar-refractivity contribution in [3.63, 3.8) is 0 Å². The van der Waals surface area contributed by atoms with Gasteiger partial charge in [-0.3, -0.25) is 4.79 Å². The average Bonchev–Trinajstić information content (AvgIpc) is 2.68. The summed E-state index contributed by atoms with van der Waals surface area (Å²) >= 11 is 0. The molecule has 0 bridgehead atoms. The second-order valence-corrected chi connectivity index (χ2v) is 6.12. The molecule has 0 saturated heterocycles. The van der Waals surface area contributed by atoms with Crippen LogP contribution in [0.15, 0.2) is 72.8 Å². The summed E-state index contributed by atoms with van der Waals surface area (Å²) < 4.78 is 18.7. The number of methoxy groups -OCH3 is 1. The first-order chi connectivity index (χ1) is 13.0. The fourth-order valence-electron chi connectivity index (χ4n) is 2.45. The van der Waals surface area contributed by atoms with Crippen LogP contribution in [-0.4, -0.2) is 13.4 Å². The van der Waals surface area contributed by atoms with Gasteiger partial charge in [-0.15, -0.1) is 0 Å². The van der Waals surface area contributed by atoms with E-state index in [0.717, 1.165) is 28.7 Å². The predicted molar refractivity (Wildman–Crippen MR) is 109 cm³/mol. The van der Waals surface area contributed by atoms with E-state index in [0.29, 0.717) is 5.56 Å². The van der Waals surface area contributed by atoms with Crippen LogP contribution in [0.25, 0.3) is 17.2 Å². The lowest BCUT2D eigenvalue weighted by atomic mass is 10.0. The molecule has 3 aromatic rings. The number of carbonyl (C=O) groups excluding carboxylic acids is 1. The van der Waals surface area contributed by atoms with Crippen molar-refractivity contribution in [3.8, 4) is 16.9 Å². The van der Waals surface area contributed by atoms with E-state index in [1.807, 2.05) is 61.5 Å². The van der Waals surface area contributed by atoms with E-state index in [1.165, 1.54) is 17.7 Å². The quantitative estimate of drug-likeness (QED) is 0.419. The molecule has 0 atom stereocenters. The largest absolute Gasteiger partial charge is 0.497 e. The maximum absolute atomic E-state index is 13.8. The maximum atomic E-state index is 13.8. The Morgan fingerprint density at radius 2 is 1.48 bits per heavy atom. The zero-order chi connectivity index (χ0) is 19.6. The summed E-state index contributed by atoms with van der Waals surface area (Å²) in [6, 6.07) is 20.6. The summed E-state index contributed by atoms with van der Waals surface area (Å²) in [5.41, 5.74) is 4.50. The lowest BCUT2D eigenvalue weighted by molar-refractivity contribution is -0.104. The third-order valence-corrected chi connectivity index (χ3v) is 3.97. The van der Waals surface area contributed by atoms with E-state index in [1.54, 1.807) is 19.3 Å². The van der Waals surface area contributed by atoms with Gasteiger partial charge in [0.2, 0.25) is 0 Å². The molecule has 0 aromatic heterocycles. The van der Waals surface area contributed by atoms with E-state index in [9.17, 15) is 9.18 Å². The molecule has 2 nitrogen and oxygen atoms in total. The Morgan fingerprint density at radius 1 is 0.852 bits per heavy atom. The van der Waals surface area contributed by atoms with Crippen LogP contribution in [0.5, 0.6) is 5.75 Å². The zero-order valence-electron chi connectivity index (χ0n) is 15.8. The molecule has 138 valence electrons. The molecule has 0 fully saturated rings. The lowest BCUT2D eigenvalue weighted by Crippen LogP contribution is -1.85. The number of aldehydes is 1. The van der Waals surface area contributed by atoms with Crippen LogP contribution in [0.2, 0.25) is 0 Å². The highest BCUT2D eigenvalue weighted by Gasteiger charge is 2.04. The topological polar surface area (TPSA) is 26.3 Å². The van der Waals surface area contributed by atoms with Gasteiger partial charge in [0.25, 0.3) is 0 Å². The Morgan fingerprint density at radius 3 is 2.04 bits per heavy atom. The van der Waals surface area contributed by atoms with Gasteiger partial charge in [-0.1, -0.05) is 60.2 Å². The van der Waals surface area contributed by atoms with Crippen molar-refractivity contribution in [2.24, 2.45) is 0 Å². The highest BCUT2D eigenvalue weighted by Crippen LogP contribution is 2.24. The number of benzene rings is 3. The van der Waals surface area contributed by atoms with Crippen molar-refractivity contribution in [3.05, 3.63) is 95.3 Å². The van der Waals surface area contributed by atoms with Gasteiger partial charge in [0, 0.05) is 5.56 Å². The molecule has 0 radical (unpaired) electrons. The maximum Gasteiger partial charge on any atom is 0.142 e. The normalized spacial score (nSPS) is 10.2. The van der Waals surface area contributed by atoms with Crippen molar-refractivity contribution in [2.75, 3.05) is 7.11 Å². The molecule has 3 rings (SSSR count). The molecule has 27 heavy (non-hydrogen) atoms. The first-order valence-electron chi connectivity index (χ1n) is 8.62. The van der Waals surface area contributed by atoms with E-state index in [-0.39, 0.29) is 5.82 Å². The molecule has 0 aliphatic rings. The van der Waals surface area contributed by atoms with Crippen LogP contribution in [0.1, 0.15) is 16.7 Å². The van der Waals surface area contributed by atoms with Crippen molar-refractivity contribution in [1.29, 1.82) is 0 Å². The lowest BCUT2D eigenvalue weighted by Gasteiger charge is -2.05. The second kappa shape index (κ2) is 10.1. The minimum atomic E-state index is -0.216. The predicted octanol–water partition coefficient (Wildman–Crippen LogP) is 6.02. The minimum Gasteiger partial charge on any atom is -0.497 e. The molecule has 0 heterocycles. The molecule has 0 aliphatic heterocycles. The van der Waals surface area contributed by atoms with Gasteiger partial charge in [0.1, 0.15) is 17.9 Å². The number of rotatable bonds is 4. The van der Waals surface area contributed by atoms with Crippen LogP contribution in [0.3, 0.4) is 0 Å². The van der Waals surface area contributed by atoms with E-state index >= 15 is 0 Å². The molecular weight excluding hydrogens is 339 g/mol. The molecule has 0 N–H and O–H groups in total. The Balaban J connectivity index is 0.000000244. The number of hydrogen-bond acceptors (Lipinski definition) is 2. The van der Waals surface area contributed by atoms with Gasteiger partial charge in [-0.05, 0) is 54.8 Å². The summed E-state index contributed by atoms with van der Waals surface area (Å²) in [5, 5.41) is 0. The van der Waals surface area contributed by atoms with Gasteiger partial charge in [-0.2, -0.15) is 0 Å². The zero-order valence-corrected chi connectivity index (χ0v) is 15.8. The first-order valence-corrected chi connectivity index (χ1v) is 8.62. The van der Waals surface area contributed by atoms with Crippen LogP contribution < -0.4 is 4.74 Å². The van der Waals surface area contributed by atoms with E-state index in [4.69, 9.17) is 4.74 Å². The number of allylic oxidation sites excluding steroid dienone is 1. The third-order valence-electron chi connectivity index (χ3n) is 3.97. The summed E-state index contributed by atoms with van der Waals surface area (Å²) in [6.45, 7) is 3.92. The fourth-order valence-corrected chi connectivity index (χ4v) is 2.45. The molecule has 0 unspecified atom stereocenters. The molecule has 3 aromatic carbocycles. The number of hydrogen-bond donors (Lipinski definition) is 0. The van der Waals surface area contributed by atoms with Crippen LogP contribution in [0.4, 0.5) is 4.39 Å². The first kappa shape index (κ1) is 20.1. The van der Waals surface area contributed by atoms with Crippen LogP contribution in [0, 0.1) is 19.7 Å². The van der Waals surface area contributed by atoms with E-state index in [2.05, 4.69) is 6.92 Å². The van der Waals surface area contributed by atoms with Crippen molar-refractivity contribution >= 4 is 12.4 Å². The average molecular weight is 362 g/mol. The number of carbonyl (C=O) groups is 1. The molecular formula is C24H23FO2. The minimum absolute atomic E-state index is 0.216. The number of ether oxygens (including phenoxy) is 1. The van der Waals surface area contributed by atoms with Crippen molar-refractivity contribution in [1.82, 2.24) is 0 Å². The monoisotopic (exact) mass is 362 g/mol. The summed E-state index contributed by atoms with van der Waals surface area (Å²) in [4.78, 5) is 10.2. The van der Waals surface area contributed by atoms with Gasteiger partial charge in [0.15, 0.2) is 0 Å². The smallest absolute Gasteiger partial charge is 0.142 e. The Bertz CT molecular complexity index is 895. The third kappa shape index (κ3) is 6.23. The Kier molecular flexibility index (Phi) is 7.50. The van der Waals surface area contributed by atoms with Crippen molar-refractivity contribution in [2.45, 2.75) is 13.8 Å². The van der Waals surface area contributed by atoms with Gasteiger partial charge < -0.3 is 4.74 Å². The molecule has 0 spiro atoms. The molecule has 0 saturated carbocycles. The van der Waals surface area contributed by atoms with Gasteiger partial charge >= 0.3 is 0 Å². The van der Waals surface area contributed by atoms with Crippen molar-refractivity contribution < 1.29 is 13.9 Å². The Labute approximate surface area is 159 Å². The summed E-state index contributed by atoms with van der Waals surface area (Å²) in [5.74, 6) is 0.701. The highest BCUT2D eigenvalue weighted by molar-refractivity contribution is 5.74. The highest BCUT2D eigenvalue weighted by atomic mass is 19.1. The fraction of sp³-hybridized carbons (Fsp3) is 0.125. The van der Waals surface area contributed by atoms with Crippen LogP contribution >= 0.6 is 0 Å². The second-order valence-electron chi connectivity index (χ2n) is 6.12.